The van der Waals surface area contributed by atoms with E-state index in [9.17, 15) is 0 Å². The fourth-order valence-electron chi connectivity index (χ4n) is 1.61. The zero-order chi connectivity index (χ0) is 12.1. The van der Waals surface area contributed by atoms with E-state index in [4.69, 9.17) is 0 Å². The minimum atomic E-state index is 0.796. The average Bonchev–Trinajstić information content (AvgIpc) is 2.79. The zero-order valence-electron chi connectivity index (χ0n) is 9.83. The van der Waals surface area contributed by atoms with Gasteiger partial charge in [0.25, 0.3) is 0 Å². The lowest BCUT2D eigenvalue weighted by Crippen LogP contribution is -2.14. The summed E-state index contributed by atoms with van der Waals surface area (Å²) in [5.74, 6) is 0.983. The van der Waals surface area contributed by atoms with Gasteiger partial charge in [0.05, 0.1) is 18.4 Å². The molecule has 1 heterocycles. The van der Waals surface area contributed by atoms with Crippen LogP contribution in [0.15, 0.2) is 34.9 Å². The van der Waals surface area contributed by atoms with Crippen molar-refractivity contribution in [2.45, 2.75) is 19.9 Å². The Morgan fingerprint density at radius 1 is 1.29 bits per heavy atom. The molecule has 0 aliphatic rings. The van der Waals surface area contributed by atoms with E-state index >= 15 is 0 Å². The molecule has 0 radical (unpaired) electrons. The highest BCUT2D eigenvalue weighted by atomic mass is 79.9. The molecule has 0 unspecified atom stereocenters. The molecule has 0 saturated carbocycles. The van der Waals surface area contributed by atoms with Crippen LogP contribution in [-0.2, 0) is 6.54 Å². The first-order valence-electron chi connectivity index (χ1n) is 5.80. The second-order valence-electron chi connectivity index (χ2n) is 3.93. The molecule has 0 fully saturated rings. The fourth-order valence-corrected chi connectivity index (χ4v) is 1.88. The molecule has 0 saturated heterocycles. The lowest BCUT2D eigenvalue weighted by molar-refractivity contribution is 0.655. The maximum Gasteiger partial charge on any atom is 0.120 e. The normalized spacial score (nSPS) is 10.7. The fraction of sp³-hybridized carbons (Fsp3) is 0.308. The molecule has 4 heteroatoms. The van der Waals surface area contributed by atoms with Gasteiger partial charge in [0.1, 0.15) is 5.82 Å². The zero-order valence-corrected chi connectivity index (χ0v) is 11.4. The molecule has 1 aromatic heterocycles. The molecule has 1 aromatic carbocycles. The van der Waals surface area contributed by atoms with Gasteiger partial charge in [0.2, 0.25) is 0 Å². The maximum absolute atomic E-state index is 4.36. The molecule has 0 atom stereocenters. The summed E-state index contributed by atoms with van der Waals surface area (Å²) < 4.78 is 1.09. The average molecular weight is 294 g/mol. The lowest BCUT2D eigenvalue weighted by Gasteiger charge is -1.99. The third-order valence-corrected chi connectivity index (χ3v) is 3.03. The van der Waals surface area contributed by atoms with Crippen molar-refractivity contribution >= 4 is 15.9 Å². The van der Waals surface area contributed by atoms with Gasteiger partial charge in [0.15, 0.2) is 0 Å². The van der Waals surface area contributed by atoms with Crippen LogP contribution in [0.3, 0.4) is 0 Å². The van der Waals surface area contributed by atoms with Crippen molar-refractivity contribution in [3.8, 4) is 11.3 Å². The van der Waals surface area contributed by atoms with Gasteiger partial charge in [-0.3, -0.25) is 0 Å². The molecule has 0 amide bonds. The molecule has 0 bridgehead atoms. The van der Waals surface area contributed by atoms with Gasteiger partial charge in [-0.1, -0.05) is 35.0 Å². The van der Waals surface area contributed by atoms with E-state index < -0.39 is 0 Å². The van der Waals surface area contributed by atoms with Crippen LogP contribution in [0, 0.1) is 0 Å². The quantitative estimate of drug-likeness (QED) is 0.830. The summed E-state index contributed by atoms with van der Waals surface area (Å²) >= 11 is 3.43. The largest absolute Gasteiger partial charge is 0.341 e. The number of H-pyrrole nitrogens is 1. The third kappa shape index (κ3) is 3.41. The van der Waals surface area contributed by atoms with Gasteiger partial charge in [-0.15, -0.1) is 0 Å². The number of imidazole rings is 1. The van der Waals surface area contributed by atoms with Crippen LogP contribution >= 0.6 is 15.9 Å². The molecule has 90 valence electrons. The number of halogens is 1. The number of aromatic amines is 1. The lowest BCUT2D eigenvalue weighted by atomic mass is 10.2. The Hall–Kier alpha value is -1.13. The standard InChI is InChI=1S/C13H16BrN3/c1-2-7-15-9-13-16-8-12(17-13)10-3-5-11(14)6-4-10/h3-6,8,15H,2,7,9H2,1H3,(H,16,17). The van der Waals surface area contributed by atoms with Gasteiger partial charge in [-0.25, -0.2) is 4.98 Å². The highest BCUT2D eigenvalue weighted by molar-refractivity contribution is 9.10. The Morgan fingerprint density at radius 3 is 2.76 bits per heavy atom. The SMILES string of the molecule is CCCNCc1ncc(-c2ccc(Br)cc2)[nH]1. The van der Waals surface area contributed by atoms with Gasteiger partial charge >= 0.3 is 0 Å². The number of benzene rings is 1. The minimum absolute atomic E-state index is 0.796. The van der Waals surface area contributed by atoms with E-state index in [-0.39, 0.29) is 0 Å². The third-order valence-electron chi connectivity index (χ3n) is 2.50. The van der Waals surface area contributed by atoms with Crippen LogP contribution in [-0.4, -0.2) is 16.5 Å². The van der Waals surface area contributed by atoms with Crippen LogP contribution in [0.4, 0.5) is 0 Å². The second kappa shape index (κ2) is 5.98. The van der Waals surface area contributed by atoms with Crippen LogP contribution in [0.1, 0.15) is 19.2 Å². The first kappa shape index (κ1) is 12.3. The number of nitrogens with zero attached hydrogens (tertiary/aromatic N) is 1. The molecule has 17 heavy (non-hydrogen) atoms. The monoisotopic (exact) mass is 293 g/mol. The van der Waals surface area contributed by atoms with Gasteiger partial charge in [-0.05, 0) is 30.7 Å². The number of rotatable bonds is 5. The smallest absolute Gasteiger partial charge is 0.120 e. The number of nitrogens with one attached hydrogen (secondary N) is 2. The predicted molar refractivity (Wildman–Crippen MR) is 73.7 cm³/mol. The van der Waals surface area contributed by atoms with E-state index in [2.05, 4.69) is 50.3 Å². The van der Waals surface area contributed by atoms with E-state index in [0.717, 1.165) is 41.1 Å². The summed E-state index contributed by atoms with van der Waals surface area (Å²) in [6.45, 7) is 3.97. The van der Waals surface area contributed by atoms with Gasteiger partial charge < -0.3 is 10.3 Å². The number of hydrogen-bond acceptors (Lipinski definition) is 2. The van der Waals surface area contributed by atoms with E-state index in [1.165, 1.54) is 0 Å². The summed E-state index contributed by atoms with van der Waals surface area (Å²) in [5, 5.41) is 3.32. The Bertz CT molecular complexity index is 462. The maximum atomic E-state index is 4.36. The summed E-state index contributed by atoms with van der Waals surface area (Å²) in [7, 11) is 0. The van der Waals surface area contributed by atoms with Crippen molar-refractivity contribution in [1.29, 1.82) is 0 Å². The van der Waals surface area contributed by atoms with Crippen LogP contribution in [0.2, 0.25) is 0 Å². The molecule has 2 aromatic rings. The Morgan fingerprint density at radius 2 is 2.06 bits per heavy atom. The Balaban J connectivity index is 2.04. The minimum Gasteiger partial charge on any atom is -0.341 e. The molecule has 0 aliphatic heterocycles. The summed E-state index contributed by atoms with van der Waals surface area (Å²) in [6.07, 6.45) is 3.02. The number of hydrogen-bond donors (Lipinski definition) is 2. The van der Waals surface area contributed by atoms with Gasteiger partial charge in [0, 0.05) is 4.47 Å². The van der Waals surface area contributed by atoms with Crippen molar-refractivity contribution in [3.05, 3.63) is 40.8 Å². The van der Waals surface area contributed by atoms with Crippen LogP contribution < -0.4 is 5.32 Å². The molecule has 2 rings (SSSR count). The van der Waals surface area contributed by atoms with Crippen molar-refractivity contribution < 1.29 is 0 Å². The molecular weight excluding hydrogens is 278 g/mol. The summed E-state index contributed by atoms with van der Waals surface area (Å²) in [5.41, 5.74) is 2.22. The first-order chi connectivity index (χ1) is 8.29. The van der Waals surface area contributed by atoms with E-state index in [0.29, 0.717) is 0 Å². The molecular formula is C13H16BrN3. The van der Waals surface area contributed by atoms with Gasteiger partial charge in [-0.2, -0.15) is 0 Å². The predicted octanol–water partition coefficient (Wildman–Crippen LogP) is 3.34. The molecule has 2 N–H and O–H groups in total. The van der Waals surface area contributed by atoms with Crippen LogP contribution in [0.5, 0.6) is 0 Å². The molecule has 0 spiro atoms. The van der Waals surface area contributed by atoms with Crippen molar-refractivity contribution in [2.24, 2.45) is 0 Å². The summed E-state index contributed by atoms with van der Waals surface area (Å²) in [6, 6.07) is 8.21. The highest BCUT2D eigenvalue weighted by Gasteiger charge is 2.02. The number of aromatic nitrogens is 2. The topological polar surface area (TPSA) is 40.7 Å². The van der Waals surface area contributed by atoms with Crippen molar-refractivity contribution in [1.82, 2.24) is 15.3 Å². The van der Waals surface area contributed by atoms with Crippen molar-refractivity contribution in [2.75, 3.05) is 6.54 Å². The Labute approximate surface area is 110 Å². The second-order valence-corrected chi connectivity index (χ2v) is 4.84. The summed E-state index contributed by atoms with van der Waals surface area (Å²) in [4.78, 5) is 7.68. The Kier molecular flexibility index (Phi) is 4.34. The van der Waals surface area contributed by atoms with Crippen LogP contribution in [0.25, 0.3) is 11.3 Å². The first-order valence-corrected chi connectivity index (χ1v) is 6.59. The molecule has 0 aliphatic carbocycles. The van der Waals surface area contributed by atoms with Crippen molar-refractivity contribution in [3.63, 3.8) is 0 Å². The van der Waals surface area contributed by atoms with E-state index in [1.54, 1.807) is 0 Å². The molecule has 3 nitrogen and oxygen atoms in total. The van der Waals surface area contributed by atoms with E-state index in [1.807, 2.05) is 18.3 Å². The highest BCUT2D eigenvalue weighted by Crippen LogP contribution is 2.19.